The number of benzene rings is 1. The summed E-state index contributed by atoms with van der Waals surface area (Å²) in [6.07, 6.45) is 4.49. The molecule has 20 heavy (non-hydrogen) atoms. The van der Waals surface area contributed by atoms with Crippen LogP contribution in [0.3, 0.4) is 0 Å². The van der Waals surface area contributed by atoms with Crippen LogP contribution in [-0.2, 0) is 0 Å². The summed E-state index contributed by atoms with van der Waals surface area (Å²) < 4.78 is 0. The zero-order valence-electron chi connectivity index (χ0n) is 12.8. The molecule has 0 radical (unpaired) electrons. The second kappa shape index (κ2) is 10.1. The fraction of sp³-hybridized carbons (Fsp3) is 0.562. The van der Waals surface area contributed by atoms with Crippen molar-refractivity contribution in [2.45, 2.75) is 32.6 Å². The van der Waals surface area contributed by atoms with Crippen molar-refractivity contribution in [3.05, 3.63) is 30.3 Å². The Morgan fingerprint density at radius 3 is 2.65 bits per heavy atom. The topological polar surface area (TPSA) is 53.6 Å². The van der Waals surface area contributed by atoms with Gasteiger partial charge in [0, 0.05) is 32.4 Å². The molecule has 3 N–H and O–H groups in total. The van der Waals surface area contributed by atoms with Gasteiger partial charge < -0.3 is 16.0 Å². The number of nitrogens with zero attached hydrogens (tertiary/aromatic N) is 2. The molecule has 0 aromatic heterocycles. The molecule has 4 nitrogen and oxygen atoms in total. The maximum absolute atomic E-state index is 5.78. The molecule has 0 amide bonds. The first-order valence-corrected chi connectivity index (χ1v) is 7.54. The average molecular weight is 276 g/mol. The van der Waals surface area contributed by atoms with Crippen LogP contribution in [0.1, 0.15) is 32.6 Å². The molecule has 0 aliphatic heterocycles. The summed E-state index contributed by atoms with van der Waals surface area (Å²) in [5.41, 5.74) is 7.04. The monoisotopic (exact) mass is 276 g/mol. The highest BCUT2D eigenvalue weighted by Crippen LogP contribution is 2.11. The van der Waals surface area contributed by atoms with Gasteiger partial charge in [0.25, 0.3) is 0 Å². The van der Waals surface area contributed by atoms with Crippen molar-refractivity contribution in [2.24, 2.45) is 10.7 Å². The number of hydrogen-bond acceptors (Lipinski definition) is 2. The van der Waals surface area contributed by atoms with Crippen LogP contribution in [0.4, 0.5) is 5.69 Å². The molecule has 4 heteroatoms. The van der Waals surface area contributed by atoms with Crippen LogP contribution < -0.4 is 16.0 Å². The predicted molar refractivity (Wildman–Crippen MR) is 88.3 cm³/mol. The summed E-state index contributed by atoms with van der Waals surface area (Å²) in [7, 11) is 2.12. The first-order valence-electron chi connectivity index (χ1n) is 7.54. The molecule has 0 saturated heterocycles. The minimum absolute atomic E-state index is 0.579. The predicted octanol–water partition coefficient (Wildman–Crippen LogP) is 2.61. The van der Waals surface area contributed by atoms with Crippen LogP contribution in [0, 0.1) is 0 Å². The van der Waals surface area contributed by atoms with Crippen molar-refractivity contribution in [1.29, 1.82) is 0 Å². The van der Waals surface area contributed by atoms with Gasteiger partial charge in [0.1, 0.15) is 0 Å². The van der Waals surface area contributed by atoms with Crippen LogP contribution >= 0.6 is 0 Å². The van der Waals surface area contributed by atoms with Crippen LogP contribution in [0.2, 0.25) is 0 Å². The SMILES string of the molecule is CCCCNC(N)=NCCCCN(C)c1ccccc1. The average Bonchev–Trinajstić information content (AvgIpc) is 2.48. The Labute approximate surface area is 123 Å². The third kappa shape index (κ3) is 7.02. The van der Waals surface area contributed by atoms with Crippen molar-refractivity contribution in [2.75, 3.05) is 31.6 Å². The third-order valence-electron chi connectivity index (χ3n) is 3.22. The summed E-state index contributed by atoms with van der Waals surface area (Å²) in [5, 5.41) is 3.13. The first-order chi connectivity index (χ1) is 9.74. The van der Waals surface area contributed by atoms with Crippen molar-refractivity contribution < 1.29 is 0 Å². The van der Waals surface area contributed by atoms with Gasteiger partial charge in [0.15, 0.2) is 5.96 Å². The van der Waals surface area contributed by atoms with E-state index in [0.717, 1.165) is 38.9 Å². The minimum atomic E-state index is 0.579. The van der Waals surface area contributed by atoms with E-state index in [0.29, 0.717) is 5.96 Å². The zero-order chi connectivity index (χ0) is 14.6. The maximum Gasteiger partial charge on any atom is 0.188 e. The van der Waals surface area contributed by atoms with Gasteiger partial charge in [0.05, 0.1) is 0 Å². The third-order valence-corrected chi connectivity index (χ3v) is 3.22. The van der Waals surface area contributed by atoms with E-state index in [-0.39, 0.29) is 0 Å². The molecule has 1 rings (SSSR count). The van der Waals surface area contributed by atoms with Crippen LogP contribution in [0.25, 0.3) is 0 Å². The zero-order valence-corrected chi connectivity index (χ0v) is 12.8. The lowest BCUT2D eigenvalue weighted by Gasteiger charge is -2.18. The van der Waals surface area contributed by atoms with Gasteiger partial charge in [-0.15, -0.1) is 0 Å². The van der Waals surface area contributed by atoms with Crippen molar-refractivity contribution >= 4 is 11.6 Å². The van der Waals surface area contributed by atoms with Crippen molar-refractivity contribution in [3.63, 3.8) is 0 Å². The van der Waals surface area contributed by atoms with E-state index in [4.69, 9.17) is 5.73 Å². The highest BCUT2D eigenvalue weighted by molar-refractivity contribution is 5.77. The molecule has 0 aliphatic carbocycles. The Kier molecular flexibility index (Phi) is 8.27. The highest BCUT2D eigenvalue weighted by Gasteiger charge is 1.98. The summed E-state index contributed by atoms with van der Waals surface area (Å²) in [6, 6.07) is 10.4. The van der Waals surface area contributed by atoms with Gasteiger partial charge in [0.2, 0.25) is 0 Å². The Bertz CT molecular complexity index is 375. The number of rotatable bonds is 9. The number of nitrogens with two attached hydrogens (primary N) is 1. The summed E-state index contributed by atoms with van der Waals surface area (Å²) >= 11 is 0. The number of unbranched alkanes of at least 4 members (excludes halogenated alkanes) is 2. The van der Waals surface area contributed by atoms with Crippen LogP contribution in [-0.4, -0.2) is 32.6 Å². The van der Waals surface area contributed by atoms with Gasteiger partial charge >= 0.3 is 0 Å². The Morgan fingerprint density at radius 1 is 1.20 bits per heavy atom. The summed E-state index contributed by atoms with van der Waals surface area (Å²) in [4.78, 5) is 6.60. The maximum atomic E-state index is 5.78. The Morgan fingerprint density at radius 2 is 1.95 bits per heavy atom. The van der Waals surface area contributed by atoms with Crippen LogP contribution in [0.15, 0.2) is 35.3 Å². The molecule has 0 aliphatic rings. The number of para-hydroxylation sites is 1. The van der Waals surface area contributed by atoms with Crippen LogP contribution in [0.5, 0.6) is 0 Å². The second-order valence-corrected chi connectivity index (χ2v) is 5.01. The van der Waals surface area contributed by atoms with E-state index in [1.165, 1.54) is 12.1 Å². The number of aliphatic imine (C=N–C) groups is 1. The molecule has 0 fully saturated rings. The van der Waals surface area contributed by atoms with Gasteiger partial charge in [-0.25, -0.2) is 0 Å². The number of anilines is 1. The first kappa shape index (κ1) is 16.3. The molecule has 0 unspecified atom stereocenters. The molecular formula is C16H28N4. The van der Waals surface area contributed by atoms with E-state index in [1.807, 2.05) is 6.07 Å². The molecule has 1 aromatic rings. The fourth-order valence-electron chi connectivity index (χ4n) is 1.92. The molecule has 0 spiro atoms. The van der Waals surface area contributed by atoms with Crippen molar-refractivity contribution in [1.82, 2.24) is 5.32 Å². The fourth-order valence-corrected chi connectivity index (χ4v) is 1.92. The Hall–Kier alpha value is -1.71. The van der Waals surface area contributed by atoms with E-state index in [1.54, 1.807) is 0 Å². The van der Waals surface area contributed by atoms with Crippen molar-refractivity contribution in [3.8, 4) is 0 Å². The lowest BCUT2D eigenvalue weighted by atomic mass is 10.2. The van der Waals surface area contributed by atoms with E-state index in [9.17, 15) is 0 Å². The summed E-state index contributed by atoms with van der Waals surface area (Å²) in [5.74, 6) is 0.579. The molecule has 0 saturated carbocycles. The lowest BCUT2D eigenvalue weighted by molar-refractivity contribution is 0.718. The number of guanidine groups is 1. The Balaban J connectivity index is 2.11. The molecule has 0 atom stereocenters. The highest BCUT2D eigenvalue weighted by atomic mass is 15.1. The standard InChI is InChI=1S/C16H28N4/c1-3-4-12-18-16(17)19-13-8-9-14-20(2)15-10-6-5-7-11-15/h5-7,10-11H,3-4,8-9,12-14H2,1-2H3,(H3,17,18,19). The second-order valence-electron chi connectivity index (χ2n) is 5.01. The number of nitrogens with one attached hydrogen (secondary N) is 1. The minimum Gasteiger partial charge on any atom is -0.375 e. The van der Waals surface area contributed by atoms with E-state index >= 15 is 0 Å². The smallest absolute Gasteiger partial charge is 0.188 e. The largest absolute Gasteiger partial charge is 0.375 e. The van der Waals surface area contributed by atoms with E-state index < -0.39 is 0 Å². The van der Waals surface area contributed by atoms with Gasteiger partial charge in [-0.05, 0) is 31.4 Å². The molecule has 0 heterocycles. The van der Waals surface area contributed by atoms with Gasteiger partial charge in [-0.1, -0.05) is 31.5 Å². The summed E-state index contributed by atoms with van der Waals surface area (Å²) in [6.45, 7) is 4.93. The molecular weight excluding hydrogens is 248 g/mol. The quantitative estimate of drug-likeness (QED) is 0.414. The van der Waals surface area contributed by atoms with Gasteiger partial charge in [-0.3, -0.25) is 4.99 Å². The molecule has 112 valence electrons. The number of hydrogen-bond donors (Lipinski definition) is 2. The molecule has 0 bridgehead atoms. The lowest BCUT2D eigenvalue weighted by Crippen LogP contribution is -2.32. The van der Waals surface area contributed by atoms with E-state index in [2.05, 4.69) is 53.4 Å². The molecule has 1 aromatic carbocycles. The normalized spacial score (nSPS) is 11.4. The van der Waals surface area contributed by atoms with Gasteiger partial charge in [-0.2, -0.15) is 0 Å².